The summed E-state index contributed by atoms with van der Waals surface area (Å²) in [6, 6.07) is 4.89. The Bertz CT molecular complexity index is 562. The SMILES string of the molecule is CCOc1c(Cl)cc(/C=C(\C#N)C(N)=O)cc1OC. The Morgan fingerprint density at radius 3 is 2.74 bits per heavy atom. The van der Waals surface area contributed by atoms with Gasteiger partial charge >= 0.3 is 0 Å². The summed E-state index contributed by atoms with van der Waals surface area (Å²) in [6.07, 6.45) is 1.34. The lowest BCUT2D eigenvalue weighted by atomic mass is 10.1. The van der Waals surface area contributed by atoms with Crippen LogP contribution in [0.1, 0.15) is 12.5 Å². The van der Waals surface area contributed by atoms with Crippen molar-refractivity contribution in [1.82, 2.24) is 0 Å². The van der Waals surface area contributed by atoms with Crippen molar-refractivity contribution >= 4 is 23.6 Å². The van der Waals surface area contributed by atoms with Crippen LogP contribution < -0.4 is 15.2 Å². The van der Waals surface area contributed by atoms with Gasteiger partial charge in [0, 0.05) is 0 Å². The number of halogens is 1. The molecule has 1 rings (SSSR count). The van der Waals surface area contributed by atoms with E-state index in [1.165, 1.54) is 13.2 Å². The summed E-state index contributed by atoms with van der Waals surface area (Å²) in [4.78, 5) is 11.0. The summed E-state index contributed by atoms with van der Waals surface area (Å²) in [5, 5.41) is 9.11. The Morgan fingerprint density at radius 1 is 1.58 bits per heavy atom. The van der Waals surface area contributed by atoms with Gasteiger partial charge in [-0.2, -0.15) is 5.26 Å². The van der Waals surface area contributed by atoms with Crippen molar-refractivity contribution in [2.75, 3.05) is 13.7 Å². The Kier molecular flexibility index (Phi) is 5.22. The molecule has 1 aromatic carbocycles. The summed E-state index contributed by atoms with van der Waals surface area (Å²) in [7, 11) is 1.47. The van der Waals surface area contributed by atoms with Crippen LogP contribution >= 0.6 is 11.6 Å². The molecule has 0 aromatic heterocycles. The van der Waals surface area contributed by atoms with Crippen molar-refractivity contribution in [3.8, 4) is 17.6 Å². The van der Waals surface area contributed by atoms with Gasteiger partial charge in [-0.25, -0.2) is 0 Å². The molecule has 0 radical (unpaired) electrons. The van der Waals surface area contributed by atoms with E-state index in [-0.39, 0.29) is 5.57 Å². The van der Waals surface area contributed by atoms with E-state index in [1.54, 1.807) is 18.2 Å². The van der Waals surface area contributed by atoms with Crippen molar-refractivity contribution < 1.29 is 14.3 Å². The lowest BCUT2D eigenvalue weighted by Crippen LogP contribution is -2.12. The van der Waals surface area contributed by atoms with Gasteiger partial charge in [0.1, 0.15) is 11.6 Å². The molecule has 1 amide bonds. The van der Waals surface area contributed by atoms with Gasteiger partial charge in [-0.15, -0.1) is 0 Å². The molecule has 0 fully saturated rings. The Hall–Kier alpha value is -2.19. The first-order valence-corrected chi connectivity index (χ1v) is 5.83. The van der Waals surface area contributed by atoms with E-state index in [2.05, 4.69) is 0 Å². The van der Waals surface area contributed by atoms with Crippen molar-refractivity contribution in [3.63, 3.8) is 0 Å². The minimum Gasteiger partial charge on any atom is -0.493 e. The fourth-order valence-corrected chi connectivity index (χ4v) is 1.71. The zero-order chi connectivity index (χ0) is 14.4. The van der Waals surface area contributed by atoms with Crippen LogP contribution in [0.3, 0.4) is 0 Å². The van der Waals surface area contributed by atoms with Gasteiger partial charge in [-0.05, 0) is 30.7 Å². The number of rotatable bonds is 5. The fraction of sp³-hybridized carbons (Fsp3) is 0.231. The maximum atomic E-state index is 11.0. The Balaban J connectivity index is 3.30. The number of primary amides is 1. The third-order valence-electron chi connectivity index (χ3n) is 2.24. The average molecular weight is 281 g/mol. The van der Waals surface area contributed by atoms with Gasteiger partial charge in [0.2, 0.25) is 0 Å². The highest BCUT2D eigenvalue weighted by Crippen LogP contribution is 2.36. The number of ether oxygens (including phenoxy) is 2. The smallest absolute Gasteiger partial charge is 0.259 e. The Labute approximate surface area is 116 Å². The average Bonchev–Trinajstić information content (AvgIpc) is 2.38. The molecule has 5 nitrogen and oxygen atoms in total. The standard InChI is InChI=1S/C13H13ClN2O3/c1-3-19-12-10(14)5-8(6-11(12)18-2)4-9(7-15)13(16)17/h4-6H,3H2,1-2H3,(H2,16,17)/b9-4+. The van der Waals surface area contributed by atoms with E-state index < -0.39 is 5.91 Å². The molecule has 0 bridgehead atoms. The maximum Gasteiger partial charge on any atom is 0.259 e. The molecule has 6 heteroatoms. The predicted octanol–water partition coefficient (Wildman–Crippen LogP) is 2.14. The normalized spacial score (nSPS) is 10.7. The van der Waals surface area contributed by atoms with Crippen LogP contribution in [-0.2, 0) is 4.79 Å². The second-order valence-electron chi connectivity index (χ2n) is 3.50. The van der Waals surface area contributed by atoms with E-state index in [9.17, 15) is 4.79 Å². The molecular weight excluding hydrogens is 268 g/mol. The number of hydrogen-bond acceptors (Lipinski definition) is 4. The lowest BCUT2D eigenvalue weighted by molar-refractivity contribution is -0.114. The number of nitrogens with zero attached hydrogens (tertiary/aromatic N) is 1. The van der Waals surface area contributed by atoms with Crippen LogP contribution in [0.25, 0.3) is 6.08 Å². The van der Waals surface area contributed by atoms with Crippen molar-refractivity contribution in [3.05, 3.63) is 28.3 Å². The van der Waals surface area contributed by atoms with Crippen LogP contribution in [0.15, 0.2) is 17.7 Å². The number of methoxy groups -OCH3 is 1. The van der Waals surface area contributed by atoms with Gasteiger partial charge in [0.25, 0.3) is 5.91 Å². The first kappa shape index (κ1) is 14.9. The highest BCUT2D eigenvalue weighted by atomic mass is 35.5. The molecule has 19 heavy (non-hydrogen) atoms. The first-order chi connectivity index (χ1) is 9.03. The monoisotopic (exact) mass is 280 g/mol. The number of nitrogens with two attached hydrogens (primary N) is 1. The number of amides is 1. The molecule has 2 N–H and O–H groups in total. The predicted molar refractivity (Wildman–Crippen MR) is 72.0 cm³/mol. The van der Waals surface area contributed by atoms with Crippen molar-refractivity contribution in [1.29, 1.82) is 5.26 Å². The van der Waals surface area contributed by atoms with Gasteiger partial charge in [-0.1, -0.05) is 11.6 Å². The molecular formula is C13H13ClN2O3. The molecule has 0 aliphatic heterocycles. The molecule has 100 valence electrons. The minimum absolute atomic E-state index is 0.165. The number of carbonyl (C=O) groups excluding carboxylic acids is 1. The molecule has 0 saturated heterocycles. The molecule has 0 spiro atoms. The largest absolute Gasteiger partial charge is 0.493 e. The van der Waals surface area contributed by atoms with Gasteiger partial charge < -0.3 is 15.2 Å². The van der Waals surface area contributed by atoms with Gasteiger partial charge in [0.05, 0.1) is 18.7 Å². The van der Waals surface area contributed by atoms with E-state index in [0.29, 0.717) is 28.7 Å². The van der Waals surface area contributed by atoms with Crippen LogP contribution in [0, 0.1) is 11.3 Å². The molecule has 0 atom stereocenters. The zero-order valence-corrected chi connectivity index (χ0v) is 11.3. The highest BCUT2D eigenvalue weighted by molar-refractivity contribution is 6.32. The van der Waals surface area contributed by atoms with E-state index in [4.69, 9.17) is 32.1 Å². The number of carbonyl (C=O) groups is 1. The van der Waals surface area contributed by atoms with E-state index >= 15 is 0 Å². The fourth-order valence-electron chi connectivity index (χ4n) is 1.43. The molecule has 0 saturated carbocycles. The third kappa shape index (κ3) is 3.63. The van der Waals surface area contributed by atoms with Crippen molar-refractivity contribution in [2.24, 2.45) is 5.73 Å². The lowest BCUT2D eigenvalue weighted by Gasteiger charge is -2.12. The first-order valence-electron chi connectivity index (χ1n) is 5.45. The summed E-state index contributed by atoms with van der Waals surface area (Å²) in [6.45, 7) is 2.26. The van der Waals surface area contributed by atoms with Crippen LogP contribution in [0.5, 0.6) is 11.5 Å². The zero-order valence-electron chi connectivity index (χ0n) is 10.6. The van der Waals surface area contributed by atoms with Crippen LogP contribution in [0.2, 0.25) is 5.02 Å². The highest BCUT2D eigenvalue weighted by Gasteiger charge is 2.12. The molecule has 0 unspecified atom stereocenters. The molecule has 0 heterocycles. The molecule has 0 aliphatic carbocycles. The summed E-state index contributed by atoms with van der Waals surface area (Å²) < 4.78 is 10.5. The van der Waals surface area contributed by atoms with Crippen LogP contribution in [-0.4, -0.2) is 19.6 Å². The molecule has 0 aliphatic rings. The Morgan fingerprint density at radius 2 is 2.26 bits per heavy atom. The maximum absolute atomic E-state index is 11.0. The number of benzene rings is 1. The summed E-state index contributed by atoms with van der Waals surface area (Å²) >= 11 is 6.06. The van der Waals surface area contributed by atoms with E-state index in [0.717, 1.165) is 0 Å². The van der Waals surface area contributed by atoms with Gasteiger partial charge in [0.15, 0.2) is 11.5 Å². The summed E-state index contributed by atoms with van der Waals surface area (Å²) in [5.41, 5.74) is 5.43. The minimum atomic E-state index is -0.800. The second-order valence-corrected chi connectivity index (χ2v) is 3.91. The topological polar surface area (TPSA) is 85.3 Å². The number of nitriles is 1. The molecule has 1 aromatic rings. The van der Waals surface area contributed by atoms with Gasteiger partial charge in [-0.3, -0.25) is 4.79 Å². The quantitative estimate of drug-likeness (QED) is 0.661. The van der Waals surface area contributed by atoms with Crippen LogP contribution in [0.4, 0.5) is 0 Å². The van der Waals surface area contributed by atoms with Crippen molar-refractivity contribution in [2.45, 2.75) is 6.92 Å². The van der Waals surface area contributed by atoms with E-state index in [1.807, 2.05) is 6.92 Å². The summed E-state index contributed by atoms with van der Waals surface area (Å²) in [5.74, 6) is 0.0373. The second kappa shape index (κ2) is 6.66. The third-order valence-corrected chi connectivity index (χ3v) is 2.52. The number of hydrogen-bond donors (Lipinski definition) is 1.